The first-order valence-corrected chi connectivity index (χ1v) is 9.46. The number of hydrogen-bond donors (Lipinski definition) is 0. The van der Waals surface area contributed by atoms with Crippen molar-refractivity contribution < 1.29 is 26.4 Å². The molecule has 0 bridgehead atoms. The van der Waals surface area contributed by atoms with E-state index in [1.54, 1.807) is 4.90 Å². The Hall–Kier alpha value is -1.61. The van der Waals surface area contributed by atoms with Gasteiger partial charge < -0.3 is 4.90 Å². The number of alkyl halides is 3. The summed E-state index contributed by atoms with van der Waals surface area (Å²) >= 11 is 0. The van der Waals surface area contributed by atoms with E-state index in [1.807, 2.05) is 0 Å². The molecule has 25 heavy (non-hydrogen) atoms. The summed E-state index contributed by atoms with van der Waals surface area (Å²) in [5.41, 5.74) is -4.28. The lowest BCUT2D eigenvalue weighted by molar-refractivity contribution is -0.132. The molecule has 1 amide bonds. The Kier molecular flexibility index (Phi) is 4.57. The number of benzene rings is 1. The summed E-state index contributed by atoms with van der Waals surface area (Å²) in [5.74, 6) is 0. The quantitative estimate of drug-likeness (QED) is 0.755. The van der Waals surface area contributed by atoms with Crippen molar-refractivity contribution in [2.75, 3.05) is 26.2 Å². The number of amides is 1. The predicted molar refractivity (Wildman–Crippen MR) is 84.3 cm³/mol. The van der Waals surface area contributed by atoms with Crippen molar-refractivity contribution >= 4 is 16.2 Å². The zero-order valence-corrected chi connectivity index (χ0v) is 14.3. The number of halogens is 3. The van der Waals surface area contributed by atoms with Crippen molar-refractivity contribution in [2.24, 2.45) is 5.41 Å². The van der Waals surface area contributed by atoms with Gasteiger partial charge in [-0.25, -0.2) is 8.42 Å². The second kappa shape index (κ2) is 6.28. The summed E-state index contributed by atoms with van der Waals surface area (Å²) in [6.07, 6.45) is 2.84. The fourth-order valence-electron chi connectivity index (χ4n) is 3.56. The van der Waals surface area contributed by atoms with Gasteiger partial charge in [-0.1, -0.05) is 12.1 Å². The SMILES string of the molecule is O=CN1CC2(CCN(Cc3ccc(S(=O)(=O)C(F)(F)F)cc3)CC2)C1. The van der Waals surface area contributed by atoms with E-state index in [0.29, 0.717) is 6.54 Å². The number of rotatable bonds is 4. The number of nitrogens with zero attached hydrogens (tertiary/aromatic N) is 2. The topological polar surface area (TPSA) is 57.7 Å². The highest BCUT2D eigenvalue weighted by Crippen LogP contribution is 2.39. The van der Waals surface area contributed by atoms with Gasteiger partial charge in [0.05, 0.1) is 4.90 Å². The molecule has 0 unspecified atom stereocenters. The standard InChI is InChI=1S/C16H19F3N2O3S/c17-16(18,19)25(23,24)14-3-1-13(2-4-14)9-20-7-5-15(6-8-20)10-21(11-15)12-22/h1-4,12H,5-11H2. The Morgan fingerprint density at radius 2 is 1.64 bits per heavy atom. The third-order valence-corrected chi connectivity index (χ3v) is 6.59. The molecule has 1 aromatic carbocycles. The maximum absolute atomic E-state index is 12.5. The Morgan fingerprint density at radius 1 is 1.08 bits per heavy atom. The fourth-order valence-corrected chi connectivity index (χ4v) is 4.32. The van der Waals surface area contributed by atoms with Crippen molar-refractivity contribution in [1.29, 1.82) is 0 Å². The second-order valence-corrected chi connectivity index (χ2v) is 8.82. The molecule has 2 aliphatic rings. The molecule has 2 aliphatic heterocycles. The fraction of sp³-hybridized carbons (Fsp3) is 0.562. The maximum Gasteiger partial charge on any atom is 0.501 e. The van der Waals surface area contributed by atoms with Gasteiger partial charge in [-0.15, -0.1) is 0 Å². The molecule has 1 spiro atoms. The monoisotopic (exact) mass is 376 g/mol. The molecule has 138 valence electrons. The second-order valence-electron chi connectivity index (χ2n) is 6.88. The Labute approximate surface area is 144 Å². The number of sulfone groups is 1. The third-order valence-electron chi connectivity index (χ3n) is 5.09. The Balaban J connectivity index is 1.57. The van der Waals surface area contributed by atoms with E-state index in [1.165, 1.54) is 12.1 Å². The summed E-state index contributed by atoms with van der Waals surface area (Å²) in [5, 5.41) is 0. The van der Waals surface area contributed by atoms with E-state index in [9.17, 15) is 26.4 Å². The van der Waals surface area contributed by atoms with Gasteiger partial charge in [0.25, 0.3) is 9.84 Å². The van der Waals surface area contributed by atoms with Crippen molar-refractivity contribution in [2.45, 2.75) is 29.8 Å². The number of carbonyl (C=O) groups excluding carboxylic acids is 1. The molecule has 0 radical (unpaired) electrons. The lowest BCUT2D eigenvalue weighted by Gasteiger charge is -2.52. The summed E-state index contributed by atoms with van der Waals surface area (Å²) in [4.78, 5) is 13.9. The number of carbonyl (C=O) groups is 1. The Bertz CT molecular complexity index is 731. The summed E-state index contributed by atoms with van der Waals surface area (Å²) in [6, 6.07) is 4.88. The van der Waals surface area contributed by atoms with Gasteiger partial charge in [-0.05, 0) is 43.6 Å². The summed E-state index contributed by atoms with van der Waals surface area (Å²) in [6.45, 7) is 3.88. The molecule has 0 N–H and O–H groups in total. The summed E-state index contributed by atoms with van der Waals surface area (Å²) in [7, 11) is -5.29. The minimum Gasteiger partial charge on any atom is -0.344 e. The van der Waals surface area contributed by atoms with Crippen LogP contribution in [0.4, 0.5) is 13.2 Å². The van der Waals surface area contributed by atoms with Gasteiger partial charge in [-0.3, -0.25) is 9.69 Å². The molecule has 0 saturated carbocycles. The lowest BCUT2D eigenvalue weighted by Crippen LogP contribution is -2.59. The van der Waals surface area contributed by atoms with Gasteiger partial charge >= 0.3 is 5.51 Å². The minimum absolute atomic E-state index is 0.224. The van der Waals surface area contributed by atoms with Crippen LogP contribution in [0.5, 0.6) is 0 Å². The van der Waals surface area contributed by atoms with Crippen molar-refractivity contribution in [3.05, 3.63) is 29.8 Å². The van der Waals surface area contributed by atoms with Crippen LogP contribution in [-0.4, -0.2) is 56.3 Å². The first-order chi connectivity index (χ1) is 11.7. The van der Waals surface area contributed by atoms with Crippen LogP contribution in [0.3, 0.4) is 0 Å². The minimum atomic E-state index is -5.29. The van der Waals surface area contributed by atoms with Crippen LogP contribution in [0.2, 0.25) is 0 Å². The van der Waals surface area contributed by atoms with Crippen LogP contribution >= 0.6 is 0 Å². The molecule has 0 atom stereocenters. The molecule has 2 heterocycles. The van der Waals surface area contributed by atoms with Crippen LogP contribution in [0.1, 0.15) is 18.4 Å². The molecule has 0 aliphatic carbocycles. The molecular weight excluding hydrogens is 357 g/mol. The van der Waals surface area contributed by atoms with Crippen molar-refractivity contribution in [3.63, 3.8) is 0 Å². The van der Waals surface area contributed by atoms with E-state index in [0.717, 1.165) is 63.1 Å². The molecule has 0 aromatic heterocycles. The van der Waals surface area contributed by atoms with Gasteiger partial charge in [0.15, 0.2) is 0 Å². The molecular formula is C16H19F3N2O3S. The zero-order valence-electron chi connectivity index (χ0n) is 13.5. The van der Waals surface area contributed by atoms with Crippen LogP contribution < -0.4 is 0 Å². The molecule has 2 fully saturated rings. The van der Waals surface area contributed by atoms with Crippen LogP contribution in [0, 0.1) is 5.41 Å². The average molecular weight is 376 g/mol. The number of piperidine rings is 1. The third kappa shape index (κ3) is 3.52. The first-order valence-electron chi connectivity index (χ1n) is 7.97. The molecule has 9 heteroatoms. The number of hydrogen-bond acceptors (Lipinski definition) is 4. The van der Waals surface area contributed by atoms with Gasteiger partial charge in [0.2, 0.25) is 6.41 Å². The highest BCUT2D eigenvalue weighted by molar-refractivity contribution is 7.92. The van der Waals surface area contributed by atoms with E-state index in [2.05, 4.69) is 4.90 Å². The van der Waals surface area contributed by atoms with E-state index >= 15 is 0 Å². The van der Waals surface area contributed by atoms with E-state index < -0.39 is 20.2 Å². The van der Waals surface area contributed by atoms with Gasteiger partial charge in [0, 0.05) is 25.0 Å². The zero-order chi connectivity index (χ0) is 18.3. The smallest absolute Gasteiger partial charge is 0.344 e. The molecule has 5 nitrogen and oxygen atoms in total. The maximum atomic E-state index is 12.5. The van der Waals surface area contributed by atoms with Gasteiger partial charge in [-0.2, -0.15) is 13.2 Å². The lowest BCUT2D eigenvalue weighted by atomic mass is 9.72. The van der Waals surface area contributed by atoms with Crippen molar-refractivity contribution in [1.82, 2.24) is 9.80 Å². The average Bonchev–Trinajstić information content (AvgIpc) is 2.53. The molecule has 1 aromatic rings. The van der Waals surface area contributed by atoms with E-state index in [4.69, 9.17) is 0 Å². The largest absolute Gasteiger partial charge is 0.501 e. The molecule has 2 saturated heterocycles. The summed E-state index contributed by atoms with van der Waals surface area (Å²) < 4.78 is 60.3. The van der Waals surface area contributed by atoms with Gasteiger partial charge in [0.1, 0.15) is 0 Å². The van der Waals surface area contributed by atoms with Crippen LogP contribution in [-0.2, 0) is 21.2 Å². The van der Waals surface area contributed by atoms with Crippen molar-refractivity contribution in [3.8, 4) is 0 Å². The molecule has 3 rings (SSSR count). The Morgan fingerprint density at radius 3 is 2.12 bits per heavy atom. The first kappa shape index (κ1) is 18.2. The van der Waals surface area contributed by atoms with Crippen LogP contribution in [0.25, 0.3) is 0 Å². The highest BCUT2D eigenvalue weighted by atomic mass is 32.2. The number of likely N-dealkylation sites (tertiary alicyclic amines) is 2. The predicted octanol–water partition coefficient (Wildman–Crippen LogP) is 2.03. The van der Waals surface area contributed by atoms with Crippen LogP contribution in [0.15, 0.2) is 29.2 Å². The van der Waals surface area contributed by atoms with E-state index in [-0.39, 0.29) is 5.41 Å². The normalized spacial score (nSPS) is 21.2. The highest BCUT2D eigenvalue weighted by Gasteiger charge is 2.47.